The molecule has 1 amide bonds. The van der Waals surface area contributed by atoms with Crippen LogP contribution in [0.5, 0.6) is 0 Å². The number of anilines is 1. The van der Waals surface area contributed by atoms with Crippen LogP contribution in [0.3, 0.4) is 0 Å². The molecule has 0 bridgehead atoms. The maximum atomic E-state index is 13.6. The van der Waals surface area contributed by atoms with Gasteiger partial charge in [-0.25, -0.2) is 0 Å². The van der Waals surface area contributed by atoms with E-state index in [9.17, 15) is 25.0 Å². The third kappa shape index (κ3) is 5.96. The molecule has 0 spiro atoms. The first kappa shape index (κ1) is 28.7. The fourth-order valence-corrected chi connectivity index (χ4v) is 5.82. The van der Waals surface area contributed by atoms with Crippen molar-refractivity contribution >= 4 is 33.9 Å². The molecule has 0 fully saturated rings. The Hall–Kier alpha value is -4.77. The summed E-state index contributed by atoms with van der Waals surface area (Å²) in [6, 6.07) is 18.2. The average molecular weight is 572 g/mol. The number of hydrogen-bond acceptors (Lipinski definition) is 7. The van der Waals surface area contributed by atoms with Gasteiger partial charge in [0.15, 0.2) is 0 Å². The standard InChI is InChI=1S/C31H33N5O6/c1-20(2)30-31(37)32-24(19-42-18-22-8-5-10-26(14-22)36(40)41)15-23-17-34(16-21-7-4-9-25(13-21)35(38)39)28-12-6-11-27(29(23)28)33(30)3/h4-14,17,20,24,30H,15-16,18-19H2,1-3H3,(H,32,37)/t24-,30-/m0/s1. The van der Waals surface area contributed by atoms with E-state index in [1.54, 1.807) is 24.3 Å². The van der Waals surface area contributed by atoms with Crippen LogP contribution in [0.1, 0.15) is 30.5 Å². The number of rotatable bonds is 9. The highest BCUT2D eigenvalue weighted by molar-refractivity contribution is 5.98. The van der Waals surface area contributed by atoms with Crippen LogP contribution >= 0.6 is 0 Å². The van der Waals surface area contributed by atoms with Crippen LogP contribution in [0.2, 0.25) is 0 Å². The molecule has 2 atom stereocenters. The molecule has 1 N–H and O–H groups in total. The van der Waals surface area contributed by atoms with Gasteiger partial charge >= 0.3 is 0 Å². The second kappa shape index (κ2) is 12.0. The van der Waals surface area contributed by atoms with Gasteiger partial charge in [0.2, 0.25) is 5.91 Å². The second-order valence-electron chi connectivity index (χ2n) is 11.0. The second-order valence-corrected chi connectivity index (χ2v) is 11.0. The third-order valence-corrected chi connectivity index (χ3v) is 7.66. The lowest BCUT2D eigenvalue weighted by Crippen LogP contribution is -2.52. The van der Waals surface area contributed by atoms with Crippen LogP contribution < -0.4 is 10.2 Å². The predicted molar refractivity (Wildman–Crippen MR) is 160 cm³/mol. The molecule has 0 radical (unpaired) electrons. The lowest BCUT2D eigenvalue weighted by Gasteiger charge is -2.32. The minimum absolute atomic E-state index is 0.00116. The first-order chi connectivity index (χ1) is 20.1. The first-order valence-electron chi connectivity index (χ1n) is 13.8. The number of nitro groups is 2. The van der Waals surface area contributed by atoms with Crippen LogP contribution in [-0.4, -0.2) is 46.1 Å². The molecule has 4 aromatic rings. The summed E-state index contributed by atoms with van der Waals surface area (Å²) in [6.45, 7) is 4.85. The van der Waals surface area contributed by atoms with E-state index in [2.05, 4.69) is 16.1 Å². The van der Waals surface area contributed by atoms with E-state index in [0.717, 1.165) is 27.7 Å². The van der Waals surface area contributed by atoms with Gasteiger partial charge in [-0.3, -0.25) is 25.0 Å². The van der Waals surface area contributed by atoms with Crippen LogP contribution in [0.15, 0.2) is 72.9 Å². The molecular weight excluding hydrogens is 538 g/mol. The molecule has 218 valence electrons. The number of nitro benzene ring substituents is 2. The van der Waals surface area contributed by atoms with E-state index in [1.165, 1.54) is 18.2 Å². The van der Waals surface area contributed by atoms with Gasteiger partial charge in [0.05, 0.1) is 34.6 Å². The Labute approximate surface area is 243 Å². The van der Waals surface area contributed by atoms with Gasteiger partial charge in [-0.05, 0) is 41.2 Å². The van der Waals surface area contributed by atoms with E-state index < -0.39 is 15.9 Å². The molecule has 1 aliphatic rings. The molecule has 0 saturated heterocycles. The molecule has 2 heterocycles. The van der Waals surface area contributed by atoms with Crippen molar-refractivity contribution in [3.8, 4) is 0 Å². The molecule has 1 aromatic heterocycles. The molecule has 1 aliphatic heterocycles. The number of likely N-dealkylation sites (N-methyl/N-ethyl adjacent to an activating group) is 1. The summed E-state index contributed by atoms with van der Waals surface area (Å²) in [5.74, 6) is -0.0757. The summed E-state index contributed by atoms with van der Waals surface area (Å²) >= 11 is 0. The maximum absolute atomic E-state index is 13.6. The van der Waals surface area contributed by atoms with Crippen LogP contribution in [-0.2, 0) is 29.1 Å². The number of carbonyl (C=O) groups is 1. The van der Waals surface area contributed by atoms with E-state index in [1.807, 2.05) is 50.1 Å². The minimum Gasteiger partial charge on any atom is -0.375 e. The Kier molecular flexibility index (Phi) is 8.21. The number of nitrogens with one attached hydrogen (secondary N) is 1. The van der Waals surface area contributed by atoms with E-state index >= 15 is 0 Å². The fourth-order valence-electron chi connectivity index (χ4n) is 5.82. The van der Waals surface area contributed by atoms with Crippen molar-refractivity contribution in [2.45, 2.75) is 45.5 Å². The Balaban J connectivity index is 1.49. The zero-order chi connectivity index (χ0) is 30.0. The normalized spacial score (nSPS) is 17.0. The van der Waals surface area contributed by atoms with Crippen molar-refractivity contribution in [2.75, 3.05) is 18.6 Å². The van der Waals surface area contributed by atoms with Crippen LogP contribution in [0, 0.1) is 26.1 Å². The fraction of sp³-hybridized carbons (Fsp3) is 0.323. The third-order valence-electron chi connectivity index (χ3n) is 7.66. The summed E-state index contributed by atoms with van der Waals surface area (Å²) in [5, 5.41) is 26.7. The van der Waals surface area contributed by atoms with E-state index in [-0.39, 0.29) is 42.5 Å². The molecular formula is C31H33N5O6. The maximum Gasteiger partial charge on any atom is 0.269 e. The summed E-state index contributed by atoms with van der Waals surface area (Å²) in [6.07, 6.45) is 2.55. The number of benzene rings is 3. The lowest BCUT2D eigenvalue weighted by atomic mass is 10.0. The van der Waals surface area contributed by atoms with Gasteiger partial charge in [-0.1, -0.05) is 44.2 Å². The van der Waals surface area contributed by atoms with Gasteiger partial charge in [-0.15, -0.1) is 0 Å². The van der Waals surface area contributed by atoms with Gasteiger partial charge in [0, 0.05) is 55.1 Å². The van der Waals surface area contributed by atoms with Gasteiger partial charge in [0.25, 0.3) is 11.4 Å². The quantitative estimate of drug-likeness (QED) is 0.215. The van der Waals surface area contributed by atoms with Gasteiger partial charge in [-0.2, -0.15) is 0 Å². The van der Waals surface area contributed by atoms with Crippen molar-refractivity contribution in [1.82, 2.24) is 9.88 Å². The highest BCUT2D eigenvalue weighted by Crippen LogP contribution is 2.35. The largest absolute Gasteiger partial charge is 0.375 e. The first-order valence-corrected chi connectivity index (χ1v) is 13.8. The molecule has 5 rings (SSSR count). The molecule has 3 aromatic carbocycles. The molecule has 11 nitrogen and oxygen atoms in total. The van der Waals surface area contributed by atoms with Crippen molar-refractivity contribution in [3.63, 3.8) is 0 Å². The Morgan fingerprint density at radius 1 is 0.976 bits per heavy atom. The summed E-state index contributed by atoms with van der Waals surface area (Å²) in [4.78, 5) is 37.3. The van der Waals surface area contributed by atoms with Crippen molar-refractivity contribution in [3.05, 3.63) is 110 Å². The number of nitrogens with zero attached hydrogens (tertiary/aromatic N) is 4. The Bertz CT molecular complexity index is 1650. The topological polar surface area (TPSA) is 133 Å². The molecule has 42 heavy (non-hydrogen) atoms. The molecule has 0 saturated carbocycles. The van der Waals surface area contributed by atoms with Gasteiger partial charge < -0.3 is 19.5 Å². The average Bonchev–Trinajstić information content (AvgIpc) is 3.30. The molecule has 0 unspecified atom stereocenters. The number of non-ortho nitro benzene ring substituents is 2. The lowest BCUT2D eigenvalue weighted by molar-refractivity contribution is -0.385. The van der Waals surface area contributed by atoms with E-state index in [4.69, 9.17) is 4.74 Å². The number of ether oxygens (including phenoxy) is 1. The van der Waals surface area contributed by atoms with Gasteiger partial charge in [0.1, 0.15) is 6.04 Å². The number of hydrogen-bond donors (Lipinski definition) is 1. The predicted octanol–water partition coefficient (Wildman–Crippen LogP) is 5.22. The minimum atomic E-state index is -0.439. The highest BCUT2D eigenvalue weighted by Gasteiger charge is 2.32. The number of aromatic nitrogens is 1. The zero-order valence-corrected chi connectivity index (χ0v) is 23.7. The van der Waals surface area contributed by atoms with Crippen molar-refractivity contribution in [1.29, 1.82) is 0 Å². The highest BCUT2D eigenvalue weighted by atomic mass is 16.6. The van der Waals surface area contributed by atoms with Crippen LogP contribution in [0.4, 0.5) is 17.1 Å². The number of amides is 1. The van der Waals surface area contributed by atoms with E-state index in [0.29, 0.717) is 18.5 Å². The Morgan fingerprint density at radius 2 is 1.62 bits per heavy atom. The zero-order valence-electron chi connectivity index (χ0n) is 23.7. The smallest absolute Gasteiger partial charge is 0.269 e. The monoisotopic (exact) mass is 571 g/mol. The summed E-state index contributed by atoms with van der Waals surface area (Å²) in [5.41, 5.74) is 4.45. The SMILES string of the molecule is CC(C)[C@H]1C(=O)N[C@H](COCc2cccc([N+](=O)[O-])c2)Cc2cn(Cc3cccc([N+](=O)[O-])c3)c3cccc(c23)N1C. The summed E-state index contributed by atoms with van der Waals surface area (Å²) in [7, 11) is 1.93. The molecule has 0 aliphatic carbocycles. The van der Waals surface area contributed by atoms with Crippen molar-refractivity contribution in [2.24, 2.45) is 5.92 Å². The van der Waals surface area contributed by atoms with Crippen molar-refractivity contribution < 1.29 is 19.4 Å². The number of carbonyl (C=O) groups excluding carboxylic acids is 1. The summed E-state index contributed by atoms with van der Waals surface area (Å²) < 4.78 is 8.10. The Morgan fingerprint density at radius 3 is 2.29 bits per heavy atom. The molecule has 11 heteroatoms. The van der Waals surface area contributed by atoms with Crippen LogP contribution in [0.25, 0.3) is 10.9 Å².